The first-order valence-electron chi connectivity index (χ1n) is 9.85. The largest absolute Gasteiger partial charge is 0.494 e. The van der Waals surface area contributed by atoms with E-state index in [0.717, 1.165) is 6.07 Å². The van der Waals surface area contributed by atoms with Crippen LogP contribution in [0.1, 0.15) is 15.9 Å². The quantitative estimate of drug-likeness (QED) is 0.238. The van der Waals surface area contributed by atoms with Crippen molar-refractivity contribution in [3.63, 3.8) is 0 Å². The van der Waals surface area contributed by atoms with Gasteiger partial charge in [-0.05, 0) is 45.8 Å². The van der Waals surface area contributed by atoms with Crippen LogP contribution in [0.25, 0.3) is 6.08 Å². The van der Waals surface area contributed by atoms with E-state index >= 15 is 0 Å². The number of rotatable bonds is 8. The smallest absolute Gasteiger partial charge is 0.273 e. The number of halogens is 1. The van der Waals surface area contributed by atoms with Gasteiger partial charge >= 0.3 is 0 Å². The molecule has 0 aliphatic heterocycles. The van der Waals surface area contributed by atoms with E-state index in [-0.39, 0.29) is 39.6 Å². The monoisotopic (exact) mass is 540 g/mol. The fourth-order valence-corrected chi connectivity index (χ4v) is 3.44. The van der Waals surface area contributed by atoms with Crippen LogP contribution in [0, 0.1) is 20.2 Å². The van der Waals surface area contributed by atoms with E-state index in [9.17, 15) is 29.8 Å². The molecule has 3 aromatic rings. The summed E-state index contributed by atoms with van der Waals surface area (Å²) in [4.78, 5) is 47.0. The van der Waals surface area contributed by atoms with Gasteiger partial charge in [-0.2, -0.15) is 0 Å². The highest BCUT2D eigenvalue weighted by Crippen LogP contribution is 2.29. The molecule has 2 N–H and O–H groups in total. The first-order valence-corrected chi connectivity index (χ1v) is 10.6. The van der Waals surface area contributed by atoms with Crippen LogP contribution >= 0.6 is 15.9 Å². The fraction of sp³-hybridized carbons (Fsp3) is 0.0435. The third-order valence-corrected chi connectivity index (χ3v) is 5.34. The minimum Gasteiger partial charge on any atom is -0.494 e. The molecular weight excluding hydrogens is 524 g/mol. The van der Waals surface area contributed by atoms with E-state index in [4.69, 9.17) is 4.74 Å². The van der Waals surface area contributed by atoms with Crippen molar-refractivity contribution in [3.05, 3.63) is 108 Å². The zero-order valence-electron chi connectivity index (χ0n) is 18.1. The second-order valence-electron chi connectivity index (χ2n) is 6.94. The highest BCUT2D eigenvalue weighted by Gasteiger charge is 2.19. The topological polar surface area (TPSA) is 154 Å². The van der Waals surface area contributed by atoms with Crippen LogP contribution in [0.2, 0.25) is 0 Å². The van der Waals surface area contributed by atoms with Gasteiger partial charge in [0.05, 0.1) is 34.3 Å². The lowest BCUT2D eigenvalue weighted by Gasteiger charge is -2.14. The van der Waals surface area contributed by atoms with Crippen LogP contribution < -0.4 is 15.4 Å². The summed E-state index contributed by atoms with van der Waals surface area (Å²) in [5.74, 6) is -1.37. The molecule has 0 saturated carbocycles. The van der Waals surface area contributed by atoms with Gasteiger partial charge in [0.25, 0.3) is 23.2 Å². The van der Waals surface area contributed by atoms with Crippen LogP contribution in [0.5, 0.6) is 5.75 Å². The van der Waals surface area contributed by atoms with Crippen molar-refractivity contribution in [2.75, 3.05) is 12.4 Å². The van der Waals surface area contributed by atoms with E-state index in [0.29, 0.717) is 4.47 Å². The maximum absolute atomic E-state index is 13.1. The molecule has 0 atom stereocenters. The first kappa shape index (κ1) is 25.1. The van der Waals surface area contributed by atoms with Crippen molar-refractivity contribution in [2.45, 2.75) is 0 Å². The van der Waals surface area contributed by atoms with Gasteiger partial charge in [0.15, 0.2) is 0 Å². The Bertz CT molecular complexity index is 1360. The molecule has 0 fully saturated rings. The molecule has 0 bridgehead atoms. The van der Waals surface area contributed by atoms with Gasteiger partial charge in [-0.3, -0.25) is 29.8 Å². The lowest BCUT2D eigenvalue weighted by atomic mass is 10.1. The summed E-state index contributed by atoms with van der Waals surface area (Å²) in [6.07, 6.45) is 1.27. The van der Waals surface area contributed by atoms with E-state index in [1.807, 2.05) is 0 Å². The van der Waals surface area contributed by atoms with Crippen molar-refractivity contribution >= 4 is 50.9 Å². The Morgan fingerprint density at radius 2 is 1.63 bits per heavy atom. The minimum atomic E-state index is -0.788. The first-order chi connectivity index (χ1) is 16.7. The summed E-state index contributed by atoms with van der Waals surface area (Å²) in [5, 5.41) is 27.2. The number of non-ortho nitro benzene ring substituents is 2. The van der Waals surface area contributed by atoms with Crippen molar-refractivity contribution in [1.29, 1.82) is 0 Å². The molecule has 11 nitrogen and oxygen atoms in total. The number of carbonyl (C=O) groups excluding carboxylic acids is 2. The van der Waals surface area contributed by atoms with Gasteiger partial charge < -0.3 is 15.4 Å². The molecule has 0 aliphatic carbocycles. The number of benzene rings is 3. The molecule has 0 saturated heterocycles. The Kier molecular flexibility index (Phi) is 7.89. The van der Waals surface area contributed by atoms with Gasteiger partial charge in [-0.1, -0.05) is 24.3 Å². The van der Waals surface area contributed by atoms with E-state index in [1.54, 1.807) is 24.3 Å². The van der Waals surface area contributed by atoms with Gasteiger partial charge in [0.2, 0.25) is 0 Å². The molecule has 0 unspecified atom stereocenters. The molecule has 2 amide bonds. The van der Waals surface area contributed by atoms with Crippen molar-refractivity contribution in [1.82, 2.24) is 5.32 Å². The fourth-order valence-electron chi connectivity index (χ4n) is 2.97. The molecule has 0 heterocycles. The number of amides is 2. The molecular formula is C23H17BrN4O7. The average molecular weight is 541 g/mol. The molecule has 178 valence electrons. The molecule has 35 heavy (non-hydrogen) atoms. The highest BCUT2D eigenvalue weighted by atomic mass is 79.9. The van der Waals surface area contributed by atoms with Gasteiger partial charge in [-0.15, -0.1) is 0 Å². The Morgan fingerprint density at radius 3 is 2.29 bits per heavy atom. The number of nitro benzene ring substituents is 2. The standard InChI is InChI=1S/C23H17BrN4O7/c1-35-21-13-16(28(33)34)9-10-19(21)25-23(30)20(12-14-5-4-6-15(11-14)27(31)32)26-22(29)17-7-2-3-8-18(17)24/h2-13H,1H3,(H,25,30)(H,26,29)/b20-12-. The number of nitrogens with one attached hydrogen (secondary N) is 2. The maximum Gasteiger partial charge on any atom is 0.273 e. The minimum absolute atomic E-state index is 0.0272. The SMILES string of the molecule is COc1cc([N+](=O)[O-])ccc1NC(=O)/C(=C/c1cccc([N+](=O)[O-])c1)NC(=O)c1ccccc1Br. The Balaban J connectivity index is 1.99. The third kappa shape index (κ3) is 6.26. The lowest BCUT2D eigenvalue weighted by molar-refractivity contribution is -0.385. The summed E-state index contributed by atoms with van der Waals surface area (Å²) in [5.41, 5.74) is -0.0254. The summed E-state index contributed by atoms with van der Waals surface area (Å²) in [7, 11) is 1.28. The van der Waals surface area contributed by atoms with Gasteiger partial charge in [0.1, 0.15) is 11.4 Å². The molecule has 3 rings (SSSR count). The zero-order valence-corrected chi connectivity index (χ0v) is 19.6. The van der Waals surface area contributed by atoms with Gasteiger partial charge in [0, 0.05) is 22.7 Å². The van der Waals surface area contributed by atoms with Crippen molar-refractivity contribution < 1.29 is 24.2 Å². The molecule has 0 spiro atoms. The average Bonchev–Trinajstić information content (AvgIpc) is 2.84. The highest BCUT2D eigenvalue weighted by molar-refractivity contribution is 9.10. The predicted molar refractivity (Wildman–Crippen MR) is 131 cm³/mol. The molecule has 0 radical (unpaired) electrons. The summed E-state index contributed by atoms with van der Waals surface area (Å²) < 4.78 is 5.63. The number of hydrogen-bond donors (Lipinski definition) is 2. The third-order valence-electron chi connectivity index (χ3n) is 4.65. The Labute approximate surface area is 206 Å². The Morgan fingerprint density at radius 1 is 0.943 bits per heavy atom. The zero-order chi connectivity index (χ0) is 25.5. The normalized spacial score (nSPS) is 10.9. The summed E-state index contributed by atoms with van der Waals surface area (Å²) >= 11 is 3.28. The molecule has 0 aliphatic rings. The van der Waals surface area contributed by atoms with Crippen molar-refractivity contribution in [2.24, 2.45) is 0 Å². The number of anilines is 1. The van der Waals surface area contributed by atoms with Gasteiger partial charge in [-0.25, -0.2) is 0 Å². The predicted octanol–water partition coefficient (Wildman–Crippen LogP) is 4.68. The van der Waals surface area contributed by atoms with Crippen LogP contribution in [-0.2, 0) is 4.79 Å². The number of carbonyl (C=O) groups is 2. The lowest BCUT2D eigenvalue weighted by Crippen LogP contribution is -2.31. The second-order valence-corrected chi connectivity index (χ2v) is 7.79. The van der Waals surface area contributed by atoms with Crippen LogP contribution in [0.3, 0.4) is 0 Å². The van der Waals surface area contributed by atoms with E-state index in [2.05, 4.69) is 26.6 Å². The summed E-state index contributed by atoms with van der Waals surface area (Å²) in [6, 6.07) is 15.7. The maximum atomic E-state index is 13.1. The van der Waals surface area contributed by atoms with Crippen LogP contribution in [0.15, 0.2) is 76.9 Å². The number of methoxy groups -OCH3 is 1. The Hall–Kier alpha value is -4.58. The van der Waals surface area contributed by atoms with Crippen molar-refractivity contribution in [3.8, 4) is 5.75 Å². The molecule has 0 aromatic heterocycles. The molecule has 3 aromatic carbocycles. The second kappa shape index (κ2) is 11.0. The molecule has 12 heteroatoms. The number of nitrogens with zero attached hydrogens (tertiary/aromatic N) is 2. The number of ether oxygens (including phenoxy) is 1. The van der Waals surface area contributed by atoms with E-state index < -0.39 is 21.7 Å². The van der Waals surface area contributed by atoms with Crippen LogP contribution in [0.4, 0.5) is 17.1 Å². The summed E-state index contributed by atoms with van der Waals surface area (Å²) in [6.45, 7) is 0. The number of nitro groups is 2. The van der Waals surface area contributed by atoms with E-state index in [1.165, 1.54) is 49.6 Å². The number of hydrogen-bond acceptors (Lipinski definition) is 7. The van der Waals surface area contributed by atoms with Crippen LogP contribution in [-0.4, -0.2) is 28.8 Å².